The number of anilines is 1. The molecule has 33 heavy (non-hydrogen) atoms. The van der Waals surface area contributed by atoms with E-state index >= 15 is 0 Å². The molecule has 170 valence electrons. The minimum atomic E-state index is -0.783. The number of aliphatic hydroxyl groups is 1. The van der Waals surface area contributed by atoms with Crippen LogP contribution in [0, 0.1) is 5.92 Å². The minimum Gasteiger partial charge on any atom is -0.503 e. The number of aromatic nitrogens is 1. The molecule has 0 saturated carbocycles. The van der Waals surface area contributed by atoms with Crippen LogP contribution in [0.1, 0.15) is 37.6 Å². The van der Waals surface area contributed by atoms with Crippen LogP contribution in [0.3, 0.4) is 0 Å². The van der Waals surface area contributed by atoms with Gasteiger partial charge in [0.25, 0.3) is 5.91 Å². The molecule has 3 heterocycles. The summed E-state index contributed by atoms with van der Waals surface area (Å²) in [6, 6.07) is 12.4. The van der Waals surface area contributed by atoms with Crippen molar-refractivity contribution < 1.29 is 19.4 Å². The first-order valence-electron chi connectivity index (χ1n) is 10.8. The zero-order valence-electron chi connectivity index (χ0n) is 18.8. The molecule has 1 atom stereocenters. The largest absolute Gasteiger partial charge is 0.503 e. The van der Waals surface area contributed by atoms with Crippen molar-refractivity contribution in [1.29, 1.82) is 0 Å². The fourth-order valence-corrected chi connectivity index (χ4v) is 4.80. The molecule has 0 saturated heterocycles. The van der Waals surface area contributed by atoms with E-state index in [4.69, 9.17) is 4.74 Å². The number of aliphatic hydroxyl groups excluding tert-OH is 1. The Labute approximate surface area is 197 Å². The van der Waals surface area contributed by atoms with Gasteiger partial charge in [0, 0.05) is 31.0 Å². The molecule has 1 aromatic carbocycles. The van der Waals surface area contributed by atoms with E-state index in [-0.39, 0.29) is 30.3 Å². The third kappa shape index (κ3) is 4.47. The first-order valence-corrected chi connectivity index (χ1v) is 11.7. The second-order valence-electron chi connectivity index (χ2n) is 8.39. The predicted octanol–water partition coefficient (Wildman–Crippen LogP) is 5.47. The monoisotopic (exact) mass is 462 g/mol. The van der Waals surface area contributed by atoms with E-state index in [2.05, 4.69) is 10.4 Å². The molecule has 1 aliphatic heterocycles. The molecule has 1 N–H and O–H groups in total. The number of hydrogen-bond acceptors (Lipinski definition) is 6. The Hall–Kier alpha value is -3.29. The minimum absolute atomic E-state index is 0.0832. The summed E-state index contributed by atoms with van der Waals surface area (Å²) in [5.74, 6) is -1.26. The van der Waals surface area contributed by atoms with Crippen molar-refractivity contribution in [3.05, 3.63) is 82.0 Å². The van der Waals surface area contributed by atoms with Crippen molar-refractivity contribution in [2.75, 3.05) is 12.0 Å². The molecular formula is C26H26N2O4S. The van der Waals surface area contributed by atoms with Crippen LogP contribution in [0.4, 0.5) is 5.69 Å². The van der Waals surface area contributed by atoms with Crippen molar-refractivity contribution in [1.82, 2.24) is 4.98 Å². The Morgan fingerprint density at radius 1 is 1.18 bits per heavy atom. The van der Waals surface area contributed by atoms with Gasteiger partial charge in [-0.05, 0) is 52.1 Å². The van der Waals surface area contributed by atoms with Crippen LogP contribution < -0.4 is 4.90 Å². The van der Waals surface area contributed by atoms with Gasteiger partial charge >= 0.3 is 0 Å². The highest BCUT2D eigenvalue weighted by molar-refractivity contribution is 7.08. The Morgan fingerprint density at radius 2 is 1.94 bits per heavy atom. The summed E-state index contributed by atoms with van der Waals surface area (Å²) in [5, 5.41) is 14.9. The van der Waals surface area contributed by atoms with E-state index in [0.29, 0.717) is 16.9 Å². The van der Waals surface area contributed by atoms with Gasteiger partial charge < -0.3 is 9.84 Å². The molecule has 0 fully saturated rings. The number of ether oxygens (including phenoxy) is 1. The maximum absolute atomic E-state index is 13.3. The molecule has 0 spiro atoms. The number of methoxy groups -OCH3 is 1. The fourth-order valence-electron chi connectivity index (χ4n) is 4.13. The van der Waals surface area contributed by atoms with Gasteiger partial charge in [-0.15, -0.1) is 0 Å². The van der Waals surface area contributed by atoms with E-state index in [9.17, 15) is 14.7 Å². The Bertz CT molecular complexity index is 1180. The van der Waals surface area contributed by atoms with Gasteiger partial charge in [-0.25, -0.2) is 0 Å². The average Bonchev–Trinajstić information content (AvgIpc) is 3.42. The third-order valence-electron chi connectivity index (χ3n) is 5.60. The van der Waals surface area contributed by atoms with Crippen molar-refractivity contribution in [3.63, 3.8) is 0 Å². The number of Topliss-reactive ketones (excluding diaryl/α,β-unsaturated/α-hetero) is 1. The predicted molar refractivity (Wildman–Crippen MR) is 129 cm³/mol. The molecule has 1 amide bonds. The van der Waals surface area contributed by atoms with E-state index in [0.717, 1.165) is 11.1 Å². The van der Waals surface area contributed by atoms with Crippen LogP contribution in [0.25, 0.3) is 11.1 Å². The standard InChI is InChI=1S/C26H26N2O4S/c1-16(2)13-22(29)23-24(20-5-4-11-27-21(20)14-32-3)28(26(31)25(23)30)19-8-6-17(7-9-19)18-10-12-33-15-18/h4-12,15-16,24,30H,13-14H2,1-3H3. The molecule has 0 bridgehead atoms. The first-order chi connectivity index (χ1) is 15.9. The molecule has 1 unspecified atom stereocenters. The summed E-state index contributed by atoms with van der Waals surface area (Å²) in [7, 11) is 1.57. The smallest absolute Gasteiger partial charge is 0.294 e. The van der Waals surface area contributed by atoms with Gasteiger partial charge in [0.1, 0.15) is 0 Å². The van der Waals surface area contributed by atoms with Crippen LogP contribution in [0.15, 0.2) is 70.8 Å². The summed E-state index contributed by atoms with van der Waals surface area (Å²) in [4.78, 5) is 32.4. The number of carbonyl (C=O) groups is 2. The highest BCUT2D eigenvalue weighted by Crippen LogP contribution is 2.43. The quantitative estimate of drug-likeness (QED) is 0.480. The highest BCUT2D eigenvalue weighted by atomic mass is 32.1. The fraction of sp³-hybridized carbons (Fsp3) is 0.269. The normalized spacial score (nSPS) is 16.2. The zero-order valence-corrected chi connectivity index (χ0v) is 19.6. The molecule has 6 nitrogen and oxygen atoms in total. The average molecular weight is 463 g/mol. The Balaban J connectivity index is 1.82. The van der Waals surface area contributed by atoms with Crippen LogP contribution in [-0.2, 0) is 20.9 Å². The Morgan fingerprint density at radius 3 is 2.58 bits per heavy atom. The lowest BCUT2D eigenvalue weighted by Crippen LogP contribution is -2.32. The number of pyridine rings is 1. The molecule has 4 rings (SSSR count). The molecule has 0 aliphatic carbocycles. The molecule has 0 radical (unpaired) electrons. The van der Waals surface area contributed by atoms with Gasteiger partial charge in [0.15, 0.2) is 11.5 Å². The number of hydrogen-bond donors (Lipinski definition) is 1. The zero-order chi connectivity index (χ0) is 23.5. The number of ketones is 1. The van der Waals surface area contributed by atoms with Crippen molar-refractivity contribution in [3.8, 4) is 11.1 Å². The summed E-state index contributed by atoms with van der Waals surface area (Å²) in [6.07, 6.45) is 1.88. The van der Waals surface area contributed by atoms with E-state index in [1.54, 1.807) is 30.7 Å². The maximum atomic E-state index is 13.3. The van der Waals surface area contributed by atoms with E-state index < -0.39 is 17.7 Å². The van der Waals surface area contributed by atoms with Gasteiger partial charge in [-0.3, -0.25) is 19.5 Å². The summed E-state index contributed by atoms with van der Waals surface area (Å²) in [6.45, 7) is 4.09. The van der Waals surface area contributed by atoms with Gasteiger partial charge in [-0.1, -0.05) is 32.0 Å². The van der Waals surface area contributed by atoms with Crippen LogP contribution >= 0.6 is 11.3 Å². The second kappa shape index (κ2) is 9.68. The van der Waals surface area contributed by atoms with E-state index in [1.165, 1.54) is 4.90 Å². The number of rotatable bonds is 8. The molecule has 1 aliphatic rings. The lowest BCUT2D eigenvalue weighted by Gasteiger charge is -2.28. The first kappa shape index (κ1) is 22.9. The molecule has 7 heteroatoms. The van der Waals surface area contributed by atoms with E-state index in [1.807, 2.05) is 55.6 Å². The number of benzene rings is 1. The summed E-state index contributed by atoms with van der Waals surface area (Å²) >= 11 is 1.62. The van der Waals surface area contributed by atoms with Crippen LogP contribution in [0.5, 0.6) is 0 Å². The number of nitrogens with zero attached hydrogens (tertiary/aromatic N) is 2. The second-order valence-corrected chi connectivity index (χ2v) is 9.17. The maximum Gasteiger partial charge on any atom is 0.294 e. The SMILES string of the molecule is COCc1ncccc1C1C(C(=O)CC(C)C)=C(O)C(=O)N1c1ccc(-c2ccsc2)cc1. The third-order valence-corrected chi connectivity index (χ3v) is 6.29. The summed E-state index contributed by atoms with van der Waals surface area (Å²) in [5.41, 5.74) is 4.10. The van der Waals surface area contributed by atoms with Crippen molar-refractivity contribution in [2.45, 2.75) is 32.9 Å². The topological polar surface area (TPSA) is 79.7 Å². The van der Waals surface area contributed by atoms with Crippen molar-refractivity contribution >= 4 is 28.7 Å². The lowest BCUT2D eigenvalue weighted by atomic mass is 9.91. The van der Waals surface area contributed by atoms with Gasteiger partial charge in [0.05, 0.1) is 23.9 Å². The van der Waals surface area contributed by atoms with Crippen molar-refractivity contribution in [2.24, 2.45) is 5.92 Å². The van der Waals surface area contributed by atoms with Crippen LogP contribution in [-0.4, -0.2) is 28.9 Å². The Kier molecular flexibility index (Phi) is 6.72. The number of thiophene rings is 1. The van der Waals surface area contributed by atoms with Crippen LogP contribution in [0.2, 0.25) is 0 Å². The number of amides is 1. The highest BCUT2D eigenvalue weighted by Gasteiger charge is 2.45. The van der Waals surface area contributed by atoms with Gasteiger partial charge in [0.2, 0.25) is 0 Å². The lowest BCUT2D eigenvalue weighted by molar-refractivity contribution is -0.118. The molecular weight excluding hydrogens is 436 g/mol. The molecule has 2 aromatic heterocycles. The number of carbonyl (C=O) groups excluding carboxylic acids is 2. The van der Waals surface area contributed by atoms with Gasteiger partial charge in [-0.2, -0.15) is 11.3 Å². The molecule has 3 aromatic rings. The summed E-state index contributed by atoms with van der Waals surface area (Å²) < 4.78 is 5.31.